The molecule has 196 valence electrons. The lowest BCUT2D eigenvalue weighted by molar-refractivity contribution is -0.181. The van der Waals surface area contributed by atoms with E-state index in [9.17, 15) is 22.8 Å². The predicted molar refractivity (Wildman–Crippen MR) is 134 cm³/mol. The van der Waals surface area contributed by atoms with Gasteiger partial charge in [-0.15, -0.1) is 0 Å². The van der Waals surface area contributed by atoms with Crippen molar-refractivity contribution in [2.24, 2.45) is 17.8 Å². The number of rotatable bonds is 12. The summed E-state index contributed by atoms with van der Waals surface area (Å²) < 4.78 is 41.9. The van der Waals surface area contributed by atoms with E-state index in [-0.39, 0.29) is 47.5 Å². The number of hydrogen-bond donors (Lipinski definition) is 0. The molecule has 2 aromatic rings. The molecule has 6 nitrogen and oxygen atoms in total. The Morgan fingerprint density at radius 1 is 1.22 bits per heavy atom. The average molecular weight is 505 g/mol. The van der Waals surface area contributed by atoms with Gasteiger partial charge in [-0.3, -0.25) is 18.9 Å². The lowest BCUT2D eigenvalue weighted by Crippen LogP contribution is -2.31. The first-order valence-corrected chi connectivity index (χ1v) is 12.5. The molecule has 0 radical (unpaired) electrons. The highest BCUT2D eigenvalue weighted by molar-refractivity contribution is 6.10. The molecule has 3 rings (SSSR count). The van der Waals surface area contributed by atoms with Crippen molar-refractivity contribution in [2.45, 2.75) is 72.4 Å². The van der Waals surface area contributed by atoms with Gasteiger partial charge in [-0.1, -0.05) is 39.5 Å². The molecule has 1 aliphatic rings. The average Bonchev–Trinajstić information content (AvgIpc) is 3.54. The monoisotopic (exact) mass is 504 g/mol. The molecular formula is C27H35F3N4O2. The maximum absolute atomic E-state index is 13.4. The van der Waals surface area contributed by atoms with Gasteiger partial charge in [0.25, 0.3) is 0 Å². The maximum atomic E-state index is 13.4. The van der Waals surface area contributed by atoms with Crippen LogP contribution in [-0.2, 0) is 11.2 Å². The number of imidazole rings is 1. The van der Waals surface area contributed by atoms with Crippen molar-refractivity contribution in [3.8, 4) is 0 Å². The van der Waals surface area contributed by atoms with Crippen LogP contribution >= 0.6 is 0 Å². The molecule has 1 aliphatic carbocycles. The Labute approximate surface area is 210 Å². The zero-order valence-electron chi connectivity index (χ0n) is 21.5. The third-order valence-corrected chi connectivity index (χ3v) is 6.96. The molecule has 0 bridgehead atoms. The van der Waals surface area contributed by atoms with E-state index in [0.717, 1.165) is 11.3 Å². The largest absolute Gasteiger partial charge is 0.392 e. The van der Waals surface area contributed by atoms with Gasteiger partial charge < -0.3 is 0 Å². The van der Waals surface area contributed by atoms with E-state index < -0.39 is 17.9 Å². The number of carbonyl (C=O) groups is 2. The molecule has 1 atom stereocenters. The van der Waals surface area contributed by atoms with Crippen LogP contribution in [0.3, 0.4) is 0 Å². The smallest absolute Gasteiger partial charge is 0.297 e. The van der Waals surface area contributed by atoms with Crippen molar-refractivity contribution in [1.82, 2.24) is 14.4 Å². The topological polar surface area (TPSA) is 67.6 Å². The number of ketones is 1. The summed E-state index contributed by atoms with van der Waals surface area (Å²) in [6.45, 7) is 15.7. The van der Waals surface area contributed by atoms with Crippen LogP contribution in [0, 0.1) is 17.8 Å². The van der Waals surface area contributed by atoms with Crippen molar-refractivity contribution in [3.05, 3.63) is 48.1 Å². The molecule has 2 heterocycles. The van der Waals surface area contributed by atoms with Gasteiger partial charge in [-0.05, 0) is 55.9 Å². The van der Waals surface area contributed by atoms with Crippen molar-refractivity contribution < 1.29 is 22.8 Å². The van der Waals surface area contributed by atoms with Gasteiger partial charge in [0, 0.05) is 25.2 Å². The third-order valence-electron chi connectivity index (χ3n) is 6.96. The lowest BCUT2D eigenvalue weighted by Gasteiger charge is -2.22. The molecule has 9 heteroatoms. The number of alkyl halides is 3. The van der Waals surface area contributed by atoms with Crippen molar-refractivity contribution in [1.29, 1.82) is 0 Å². The normalized spacial score (nSPS) is 14.8. The van der Waals surface area contributed by atoms with Gasteiger partial charge in [0.05, 0.1) is 5.92 Å². The molecule has 1 amide bonds. The number of carbonyl (C=O) groups excluding carboxylic acids is 2. The molecule has 0 N–H and O–H groups in total. The highest BCUT2D eigenvalue weighted by Crippen LogP contribution is 2.47. The van der Waals surface area contributed by atoms with Crippen molar-refractivity contribution >= 4 is 23.2 Å². The second-order valence-electron chi connectivity index (χ2n) is 9.94. The van der Waals surface area contributed by atoms with Gasteiger partial charge in [0.15, 0.2) is 11.3 Å². The minimum absolute atomic E-state index is 0.0293. The second kappa shape index (κ2) is 11.0. The van der Waals surface area contributed by atoms with Gasteiger partial charge in [-0.2, -0.15) is 13.2 Å². The molecule has 0 saturated heterocycles. The Morgan fingerprint density at radius 3 is 2.42 bits per heavy atom. The van der Waals surface area contributed by atoms with E-state index in [0.29, 0.717) is 38.0 Å². The van der Waals surface area contributed by atoms with Gasteiger partial charge in [-0.25, -0.2) is 9.97 Å². The summed E-state index contributed by atoms with van der Waals surface area (Å²) in [6.07, 6.45) is -0.691. The Hall–Kier alpha value is -2.97. The number of fused-ring (bicyclic) bond motifs is 1. The fourth-order valence-electron chi connectivity index (χ4n) is 4.34. The summed E-state index contributed by atoms with van der Waals surface area (Å²) in [4.78, 5) is 36.0. The summed E-state index contributed by atoms with van der Waals surface area (Å²) in [5, 5.41) is 0. The summed E-state index contributed by atoms with van der Waals surface area (Å²) in [5.74, 6) is -1.82. The molecule has 36 heavy (non-hydrogen) atoms. The second-order valence-corrected chi connectivity index (χ2v) is 9.94. The molecule has 0 aliphatic heterocycles. The number of hydrogen-bond acceptors (Lipinski definition) is 4. The Morgan fingerprint density at radius 2 is 1.89 bits per heavy atom. The molecule has 1 saturated carbocycles. The van der Waals surface area contributed by atoms with Crippen molar-refractivity contribution in [3.63, 3.8) is 0 Å². The van der Waals surface area contributed by atoms with E-state index in [1.54, 1.807) is 15.4 Å². The Balaban J connectivity index is 1.88. The van der Waals surface area contributed by atoms with Crippen LogP contribution in [0.2, 0.25) is 0 Å². The number of anilines is 1. The standard InChI is InChI=1S/C27H35F3N4O2/c1-7-21-14-23(33(19(6)35)13-12-17(4)16(2)3)32-26-24(31-15-34(21)26)25(36)18(5)8-11-22(20-9-10-20)27(28,29)30/h14-16,20,22H,4-5,7-13H2,1-3,6H3. The highest BCUT2D eigenvalue weighted by atomic mass is 19.4. The number of aromatic nitrogens is 3. The lowest BCUT2D eigenvalue weighted by atomic mass is 9.93. The fraction of sp³-hybridized carbons (Fsp3) is 0.556. The zero-order valence-corrected chi connectivity index (χ0v) is 21.5. The molecule has 0 aromatic carbocycles. The summed E-state index contributed by atoms with van der Waals surface area (Å²) in [5.41, 5.74) is 2.18. The summed E-state index contributed by atoms with van der Waals surface area (Å²) >= 11 is 0. The maximum Gasteiger partial charge on any atom is 0.392 e. The van der Waals surface area contributed by atoms with Crippen LogP contribution in [0.1, 0.15) is 76.0 Å². The molecule has 1 unspecified atom stereocenters. The number of allylic oxidation sites excluding steroid dienone is 1. The predicted octanol–water partition coefficient (Wildman–Crippen LogP) is 6.35. The molecule has 0 spiro atoms. The zero-order chi connectivity index (χ0) is 26.8. The van der Waals surface area contributed by atoms with Crippen LogP contribution < -0.4 is 4.90 Å². The quantitative estimate of drug-likeness (QED) is 0.192. The van der Waals surface area contributed by atoms with Crippen molar-refractivity contribution in [2.75, 3.05) is 11.4 Å². The van der Waals surface area contributed by atoms with Crippen LogP contribution in [0.25, 0.3) is 5.65 Å². The van der Waals surface area contributed by atoms with Gasteiger partial charge in [0.2, 0.25) is 11.7 Å². The van der Waals surface area contributed by atoms with Crippen LogP contribution in [-0.4, -0.2) is 38.8 Å². The Bertz CT molecular complexity index is 1160. The number of halogens is 3. The van der Waals surface area contributed by atoms with Crippen LogP contribution in [0.15, 0.2) is 36.7 Å². The fourth-order valence-corrected chi connectivity index (χ4v) is 4.34. The number of amides is 1. The van der Waals surface area contributed by atoms with E-state index >= 15 is 0 Å². The minimum atomic E-state index is -4.28. The third kappa shape index (κ3) is 6.23. The van der Waals surface area contributed by atoms with Gasteiger partial charge in [0.1, 0.15) is 12.1 Å². The summed E-state index contributed by atoms with van der Waals surface area (Å²) in [6, 6.07) is 1.79. The van der Waals surface area contributed by atoms with Crippen LogP contribution in [0.4, 0.5) is 19.0 Å². The van der Waals surface area contributed by atoms with Gasteiger partial charge >= 0.3 is 6.18 Å². The number of nitrogens with zero attached hydrogens (tertiary/aromatic N) is 4. The van der Waals surface area contributed by atoms with E-state index in [1.165, 1.54) is 13.3 Å². The van der Waals surface area contributed by atoms with E-state index in [1.807, 2.05) is 20.8 Å². The van der Waals surface area contributed by atoms with Crippen LogP contribution in [0.5, 0.6) is 0 Å². The first-order valence-electron chi connectivity index (χ1n) is 12.5. The first kappa shape index (κ1) is 27.6. The minimum Gasteiger partial charge on any atom is -0.297 e. The number of aryl methyl sites for hydroxylation is 1. The summed E-state index contributed by atoms with van der Waals surface area (Å²) in [7, 11) is 0. The molecule has 2 aromatic heterocycles. The van der Waals surface area contributed by atoms with E-state index in [4.69, 9.17) is 0 Å². The first-order chi connectivity index (χ1) is 16.8. The highest BCUT2D eigenvalue weighted by Gasteiger charge is 2.48. The molecule has 1 fully saturated rings. The molecular weight excluding hydrogens is 469 g/mol. The van der Waals surface area contributed by atoms with E-state index in [2.05, 4.69) is 23.1 Å². The Kier molecular flexibility index (Phi) is 8.41. The SMILES string of the molecule is C=C(CCC(C1CC1)C(F)(F)F)C(=O)c1ncn2c(CC)cc(N(CCC(=C)C(C)C)C(C)=O)nc12. The number of Topliss-reactive ketones (excluding diaryl/α,β-unsaturated/α-hetero) is 1.